The molecule has 1 atom stereocenters. The van der Waals surface area contributed by atoms with Crippen LogP contribution in [0, 0.1) is 13.8 Å². The number of aryl methyl sites for hydroxylation is 1. The highest BCUT2D eigenvalue weighted by atomic mass is 32.2. The van der Waals surface area contributed by atoms with Crippen molar-refractivity contribution in [2.45, 2.75) is 19.6 Å². The van der Waals surface area contributed by atoms with Crippen molar-refractivity contribution < 1.29 is 4.21 Å². The maximum absolute atomic E-state index is 12.3. The molecule has 1 fully saturated rings. The first-order chi connectivity index (χ1) is 14.1. The molecule has 0 bridgehead atoms. The molecule has 0 spiro atoms. The lowest BCUT2D eigenvalue weighted by atomic mass is 10.1. The fourth-order valence-corrected chi connectivity index (χ4v) is 4.72. The average Bonchev–Trinajstić information content (AvgIpc) is 2.74. The predicted molar refractivity (Wildman–Crippen MR) is 124 cm³/mol. The van der Waals surface area contributed by atoms with Gasteiger partial charge in [-0.3, -0.25) is 9.20 Å². The predicted octanol–water partition coefficient (Wildman–Crippen LogP) is 2.95. The van der Waals surface area contributed by atoms with Gasteiger partial charge in [0, 0.05) is 67.8 Å². The number of rotatable bonds is 6. The highest BCUT2D eigenvalue weighted by Gasteiger charge is 2.21. The van der Waals surface area contributed by atoms with Gasteiger partial charge in [0.2, 0.25) is 0 Å². The van der Waals surface area contributed by atoms with Crippen LogP contribution in [-0.4, -0.2) is 60.6 Å². The Labute approximate surface area is 177 Å². The molecule has 0 radical (unpaired) electrons. The highest BCUT2D eigenvalue weighted by Crippen LogP contribution is 2.23. The van der Waals surface area contributed by atoms with Crippen molar-refractivity contribution in [3.8, 4) is 0 Å². The van der Waals surface area contributed by atoms with Crippen LogP contribution in [0.2, 0.25) is 0 Å². The second-order valence-electron chi connectivity index (χ2n) is 7.44. The van der Waals surface area contributed by atoms with Gasteiger partial charge in [-0.2, -0.15) is 0 Å². The number of guanidine groups is 1. The molecule has 1 unspecified atom stereocenters. The van der Waals surface area contributed by atoms with Gasteiger partial charge in [-0.15, -0.1) is 0 Å². The molecule has 0 aliphatic carbocycles. The number of aliphatic imine (C=N–C) groups is 1. The standard InChI is InChI=1S/C23H32N4OS/c1-19-8-7-11-22(20(19)2)26-13-15-27(16-14-26)23(24-3)25-12-17-29(28)18-21-9-5-4-6-10-21/h4-11H,12-18H2,1-3H3,(H,24,25). The van der Waals surface area contributed by atoms with E-state index in [2.05, 4.69) is 52.2 Å². The highest BCUT2D eigenvalue weighted by molar-refractivity contribution is 7.84. The number of piperazine rings is 1. The van der Waals surface area contributed by atoms with Crippen molar-refractivity contribution in [2.24, 2.45) is 4.99 Å². The molecule has 0 saturated carbocycles. The normalized spacial score (nSPS) is 16.0. The molecule has 1 aliphatic rings. The quantitative estimate of drug-likeness (QED) is 0.585. The Kier molecular flexibility index (Phi) is 7.69. The number of hydrogen-bond donors (Lipinski definition) is 1. The molecule has 29 heavy (non-hydrogen) atoms. The number of nitrogens with zero attached hydrogens (tertiary/aromatic N) is 3. The summed E-state index contributed by atoms with van der Waals surface area (Å²) >= 11 is 0. The lowest BCUT2D eigenvalue weighted by Gasteiger charge is -2.38. The molecule has 3 rings (SSSR count). The van der Waals surface area contributed by atoms with E-state index >= 15 is 0 Å². The summed E-state index contributed by atoms with van der Waals surface area (Å²) < 4.78 is 12.3. The monoisotopic (exact) mass is 412 g/mol. The third-order valence-electron chi connectivity index (χ3n) is 5.49. The van der Waals surface area contributed by atoms with Crippen LogP contribution in [0.3, 0.4) is 0 Å². The number of nitrogens with one attached hydrogen (secondary N) is 1. The molecule has 1 saturated heterocycles. The number of hydrogen-bond acceptors (Lipinski definition) is 3. The average molecular weight is 413 g/mol. The van der Waals surface area contributed by atoms with Gasteiger partial charge in [0.25, 0.3) is 0 Å². The molecule has 1 heterocycles. The Morgan fingerprint density at radius 1 is 1.03 bits per heavy atom. The van der Waals surface area contributed by atoms with Gasteiger partial charge in [0.1, 0.15) is 0 Å². The van der Waals surface area contributed by atoms with Gasteiger partial charge < -0.3 is 15.1 Å². The maximum Gasteiger partial charge on any atom is 0.193 e. The molecule has 0 amide bonds. The Bertz CT molecular complexity index is 845. The fourth-order valence-electron chi connectivity index (χ4n) is 3.68. The van der Waals surface area contributed by atoms with E-state index in [0.717, 1.165) is 37.7 Å². The van der Waals surface area contributed by atoms with Crippen LogP contribution in [0.4, 0.5) is 5.69 Å². The third-order valence-corrected chi connectivity index (χ3v) is 6.81. The van der Waals surface area contributed by atoms with E-state index in [-0.39, 0.29) is 0 Å². The molecule has 2 aromatic rings. The van der Waals surface area contributed by atoms with Crippen molar-refractivity contribution in [1.82, 2.24) is 10.2 Å². The largest absolute Gasteiger partial charge is 0.368 e. The topological polar surface area (TPSA) is 47.9 Å². The lowest BCUT2D eigenvalue weighted by Crippen LogP contribution is -2.53. The van der Waals surface area contributed by atoms with Crippen molar-refractivity contribution in [1.29, 1.82) is 0 Å². The summed E-state index contributed by atoms with van der Waals surface area (Å²) in [7, 11) is 0.946. The molecule has 2 aromatic carbocycles. The SMILES string of the molecule is CN=C(NCCS(=O)Cc1ccccc1)N1CCN(c2cccc(C)c2C)CC1. The van der Waals surface area contributed by atoms with E-state index in [1.807, 2.05) is 37.4 Å². The number of benzene rings is 2. The smallest absolute Gasteiger partial charge is 0.193 e. The summed E-state index contributed by atoms with van der Waals surface area (Å²) in [5.41, 5.74) is 5.16. The van der Waals surface area contributed by atoms with Crippen LogP contribution in [0.25, 0.3) is 0 Å². The maximum atomic E-state index is 12.3. The minimum absolute atomic E-state index is 0.607. The fraction of sp³-hybridized carbons (Fsp3) is 0.435. The van der Waals surface area contributed by atoms with Crippen LogP contribution < -0.4 is 10.2 Å². The third kappa shape index (κ3) is 5.82. The second kappa shape index (κ2) is 10.4. The Balaban J connectivity index is 1.45. The Hall–Kier alpha value is -2.34. The minimum atomic E-state index is -0.874. The van der Waals surface area contributed by atoms with Crippen LogP contribution in [0.1, 0.15) is 16.7 Å². The summed E-state index contributed by atoms with van der Waals surface area (Å²) in [5.74, 6) is 2.13. The molecule has 1 aliphatic heterocycles. The van der Waals surface area contributed by atoms with Crippen LogP contribution >= 0.6 is 0 Å². The first-order valence-electron chi connectivity index (χ1n) is 10.2. The van der Waals surface area contributed by atoms with Crippen molar-refractivity contribution in [2.75, 3.05) is 50.4 Å². The summed E-state index contributed by atoms with van der Waals surface area (Å²) in [6, 6.07) is 16.5. The molecular formula is C23H32N4OS. The van der Waals surface area contributed by atoms with Gasteiger partial charge >= 0.3 is 0 Å². The summed E-state index contributed by atoms with van der Waals surface area (Å²) in [4.78, 5) is 9.19. The Morgan fingerprint density at radius 2 is 1.76 bits per heavy atom. The zero-order valence-electron chi connectivity index (χ0n) is 17.7. The summed E-state index contributed by atoms with van der Waals surface area (Å²) in [5, 5.41) is 3.40. The van der Waals surface area contributed by atoms with Gasteiger partial charge in [-0.25, -0.2) is 0 Å². The zero-order chi connectivity index (χ0) is 20.6. The molecule has 6 heteroatoms. The van der Waals surface area contributed by atoms with Crippen molar-refractivity contribution in [3.05, 3.63) is 65.2 Å². The summed E-state index contributed by atoms with van der Waals surface area (Å²) in [6.45, 7) is 8.86. The van der Waals surface area contributed by atoms with Crippen molar-refractivity contribution in [3.63, 3.8) is 0 Å². The lowest BCUT2D eigenvalue weighted by molar-refractivity contribution is 0.373. The first-order valence-corrected chi connectivity index (χ1v) is 11.7. The van der Waals surface area contributed by atoms with E-state index in [0.29, 0.717) is 18.1 Å². The summed E-state index contributed by atoms with van der Waals surface area (Å²) in [6.07, 6.45) is 0. The van der Waals surface area contributed by atoms with Gasteiger partial charge in [-0.05, 0) is 36.6 Å². The zero-order valence-corrected chi connectivity index (χ0v) is 18.5. The van der Waals surface area contributed by atoms with Gasteiger partial charge in [-0.1, -0.05) is 42.5 Å². The van der Waals surface area contributed by atoms with Crippen LogP contribution in [0.15, 0.2) is 53.5 Å². The van der Waals surface area contributed by atoms with Crippen LogP contribution in [0.5, 0.6) is 0 Å². The van der Waals surface area contributed by atoms with E-state index in [1.54, 1.807) is 0 Å². The molecular weight excluding hydrogens is 380 g/mol. The molecule has 0 aromatic heterocycles. The van der Waals surface area contributed by atoms with Crippen molar-refractivity contribution >= 4 is 22.4 Å². The van der Waals surface area contributed by atoms with Crippen LogP contribution in [-0.2, 0) is 16.6 Å². The van der Waals surface area contributed by atoms with Gasteiger partial charge in [0.15, 0.2) is 5.96 Å². The second-order valence-corrected chi connectivity index (χ2v) is 9.02. The molecule has 5 nitrogen and oxygen atoms in total. The molecule has 1 N–H and O–H groups in total. The number of anilines is 1. The Morgan fingerprint density at radius 3 is 2.45 bits per heavy atom. The molecule has 156 valence electrons. The van der Waals surface area contributed by atoms with E-state index in [1.165, 1.54) is 16.8 Å². The minimum Gasteiger partial charge on any atom is -0.368 e. The first kappa shape index (κ1) is 21.4. The van der Waals surface area contributed by atoms with Gasteiger partial charge in [0.05, 0.1) is 0 Å². The van der Waals surface area contributed by atoms with E-state index in [4.69, 9.17) is 0 Å². The van der Waals surface area contributed by atoms with E-state index < -0.39 is 10.8 Å². The van der Waals surface area contributed by atoms with E-state index in [9.17, 15) is 4.21 Å².